The number of nitrogen functional groups attached to an aromatic ring is 2. The largest absolute Gasteiger partial charge is 0.495 e. The van der Waals surface area contributed by atoms with E-state index in [0.29, 0.717) is 22.7 Å². The first kappa shape index (κ1) is 11.2. The zero-order chi connectivity index (χ0) is 11.4. The van der Waals surface area contributed by atoms with Gasteiger partial charge in [-0.25, -0.2) is 0 Å². The Kier molecular flexibility index (Phi) is 3.38. The monoisotopic (exact) mass is 210 g/mol. The van der Waals surface area contributed by atoms with Crippen molar-refractivity contribution in [3.8, 4) is 5.75 Å². The molecule has 5 heteroatoms. The second kappa shape index (κ2) is 4.54. The van der Waals surface area contributed by atoms with Crippen LogP contribution in [0.15, 0.2) is 12.1 Å². The van der Waals surface area contributed by atoms with Crippen LogP contribution in [0.5, 0.6) is 5.75 Å². The van der Waals surface area contributed by atoms with E-state index in [9.17, 15) is 4.79 Å². The van der Waals surface area contributed by atoms with E-state index < -0.39 is 0 Å². The highest BCUT2D eigenvalue weighted by molar-refractivity contribution is 5.77. The van der Waals surface area contributed by atoms with Gasteiger partial charge < -0.3 is 20.9 Å². The minimum absolute atomic E-state index is 0.0870. The lowest BCUT2D eigenvalue weighted by Crippen LogP contribution is -2.08. The van der Waals surface area contributed by atoms with Crippen molar-refractivity contribution in [2.24, 2.45) is 0 Å². The Morgan fingerprint density at radius 2 is 2.00 bits per heavy atom. The van der Waals surface area contributed by atoms with Crippen molar-refractivity contribution < 1.29 is 14.3 Å². The fraction of sp³-hybridized carbons (Fsp3) is 0.300. The first-order chi connectivity index (χ1) is 7.08. The number of hydrogen-bond donors (Lipinski definition) is 2. The Labute approximate surface area is 88.0 Å². The minimum atomic E-state index is -0.366. The first-order valence-electron chi connectivity index (χ1n) is 4.37. The zero-order valence-electron chi connectivity index (χ0n) is 8.74. The summed E-state index contributed by atoms with van der Waals surface area (Å²) >= 11 is 0. The highest BCUT2D eigenvalue weighted by Crippen LogP contribution is 2.28. The molecule has 0 aliphatic carbocycles. The maximum atomic E-state index is 11.1. The average Bonchev–Trinajstić information content (AvgIpc) is 2.22. The van der Waals surface area contributed by atoms with E-state index in [2.05, 4.69) is 4.74 Å². The quantitative estimate of drug-likeness (QED) is 0.562. The Hall–Kier alpha value is -1.91. The number of methoxy groups -OCH3 is 2. The standard InChI is InChI=1S/C10H14N2O3/c1-14-8-5-7(11)3-6(10(8)12)4-9(13)15-2/h3,5H,4,11-12H2,1-2H3. The molecule has 4 N–H and O–H groups in total. The van der Waals surface area contributed by atoms with Crippen molar-refractivity contribution in [1.82, 2.24) is 0 Å². The predicted molar refractivity (Wildman–Crippen MR) is 57.5 cm³/mol. The van der Waals surface area contributed by atoms with Gasteiger partial charge in [0.15, 0.2) is 0 Å². The van der Waals surface area contributed by atoms with Crippen molar-refractivity contribution in [2.75, 3.05) is 25.7 Å². The maximum Gasteiger partial charge on any atom is 0.310 e. The van der Waals surface area contributed by atoms with Crippen LogP contribution in [0.2, 0.25) is 0 Å². The van der Waals surface area contributed by atoms with E-state index in [-0.39, 0.29) is 12.4 Å². The normalized spacial score (nSPS) is 9.73. The topological polar surface area (TPSA) is 87.6 Å². The Morgan fingerprint density at radius 1 is 1.33 bits per heavy atom. The smallest absolute Gasteiger partial charge is 0.310 e. The fourth-order valence-electron chi connectivity index (χ4n) is 1.25. The summed E-state index contributed by atoms with van der Waals surface area (Å²) in [6, 6.07) is 3.24. The zero-order valence-corrected chi connectivity index (χ0v) is 8.74. The third-order valence-corrected chi connectivity index (χ3v) is 2.03. The fourth-order valence-corrected chi connectivity index (χ4v) is 1.25. The molecule has 0 unspecified atom stereocenters. The van der Waals surface area contributed by atoms with Crippen LogP contribution in [0.25, 0.3) is 0 Å². The van der Waals surface area contributed by atoms with Crippen LogP contribution in [-0.4, -0.2) is 20.2 Å². The van der Waals surface area contributed by atoms with Crippen LogP contribution < -0.4 is 16.2 Å². The van der Waals surface area contributed by atoms with Crippen LogP contribution in [0, 0.1) is 0 Å². The summed E-state index contributed by atoms with van der Waals surface area (Å²) in [5.41, 5.74) is 12.9. The van der Waals surface area contributed by atoms with E-state index in [1.54, 1.807) is 12.1 Å². The Balaban J connectivity index is 3.06. The molecule has 0 heterocycles. The lowest BCUT2D eigenvalue weighted by molar-refractivity contribution is -0.139. The molecule has 0 radical (unpaired) electrons. The molecule has 0 bridgehead atoms. The lowest BCUT2D eigenvalue weighted by atomic mass is 10.1. The van der Waals surface area contributed by atoms with E-state index in [1.807, 2.05) is 0 Å². The van der Waals surface area contributed by atoms with Crippen molar-refractivity contribution in [2.45, 2.75) is 6.42 Å². The van der Waals surface area contributed by atoms with Gasteiger partial charge in [0.1, 0.15) is 5.75 Å². The SMILES string of the molecule is COC(=O)Cc1cc(N)cc(OC)c1N. The van der Waals surface area contributed by atoms with E-state index in [1.165, 1.54) is 14.2 Å². The molecular formula is C10H14N2O3. The number of anilines is 2. The molecule has 5 nitrogen and oxygen atoms in total. The molecule has 0 aliphatic rings. The molecule has 15 heavy (non-hydrogen) atoms. The molecule has 1 rings (SSSR count). The number of benzene rings is 1. The van der Waals surface area contributed by atoms with Gasteiger partial charge in [0.25, 0.3) is 0 Å². The maximum absolute atomic E-state index is 11.1. The number of carbonyl (C=O) groups is 1. The average molecular weight is 210 g/mol. The summed E-state index contributed by atoms with van der Waals surface area (Å²) in [4.78, 5) is 11.1. The molecule has 0 aliphatic heterocycles. The number of esters is 1. The molecule has 1 aromatic rings. The van der Waals surface area contributed by atoms with Crippen LogP contribution in [0.4, 0.5) is 11.4 Å². The van der Waals surface area contributed by atoms with Crippen molar-refractivity contribution in [1.29, 1.82) is 0 Å². The third kappa shape index (κ3) is 2.52. The summed E-state index contributed by atoms with van der Waals surface area (Å²) in [5, 5.41) is 0. The highest BCUT2D eigenvalue weighted by Gasteiger charge is 2.11. The molecule has 0 fully saturated rings. The second-order valence-corrected chi connectivity index (χ2v) is 3.05. The molecule has 0 saturated carbocycles. The van der Waals surface area contributed by atoms with Gasteiger partial charge in [-0.05, 0) is 11.6 Å². The third-order valence-electron chi connectivity index (χ3n) is 2.03. The van der Waals surface area contributed by atoms with Gasteiger partial charge in [-0.15, -0.1) is 0 Å². The van der Waals surface area contributed by atoms with Crippen molar-refractivity contribution in [3.63, 3.8) is 0 Å². The van der Waals surface area contributed by atoms with Crippen molar-refractivity contribution >= 4 is 17.3 Å². The minimum Gasteiger partial charge on any atom is -0.495 e. The molecule has 82 valence electrons. The van der Waals surface area contributed by atoms with E-state index in [4.69, 9.17) is 16.2 Å². The molecule has 0 aromatic heterocycles. The van der Waals surface area contributed by atoms with E-state index in [0.717, 1.165) is 0 Å². The van der Waals surface area contributed by atoms with Gasteiger partial charge in [0.2, 0.25) is 0 Å². The summed E-state index contributed by atoms with van der Waals surface area (Å²) in [6.07, 6.45) is 0.0870. The summed E-state index contributed by atoms with van der Waals surface area (Å²) in [7, 11) is 2.81. The van der Waals surface area contributed by atoms with Gasteiger partial charge in [-0.3, -0.25) is 4.79 Å². The molecule has 0 amide bonds. The number of nitrogens with two attached hydrogens (primary N) is 2. The number of carbonyl (C=O) groups excluding carboxylic acids is 1. The molecule has 0 saturated heterocycles. The first-order valence-corrected chi connectivity index (χ1v) is 4.37. The van der Waals surface area contributed by atoms with Crippen LogP contribution >= 0.6 is 0 Å². The Morgan fingerprint density at radius 3 is 2.53 bits per heavy atom. The number of ether oxygens (including phenoxy) is 2. The van der Waals surface area contributed by atoms with Crippen LogP contribution in [0.1, 0.15) is 5.56 Å². The predicted octanol–water partition coefficient (Wildman–Crippen LogP) is 0.575. The summed E-state index contributed by atoms with van der Waals surface area (Å²) in [6.45, 7) is 0. The second-order valence-electron chi connectivity index (χ2n) is 3.05. The van der Waals surface area contributed by atoms with Crippen LogP contribution in [0.3, 0.4) is 0 Å². The molecule has 0 spiro atoms. The molecule has 0 atom stereocenters. The number of rotatable bonds is 3. The van der Waals surface area contributed by atoms with E-state index >= 15 is 0 Å². The Bertz CT molecular complexity index is 377. The van der Waals surface area contributed by atoms with Crippen molar-refractivity contribution in [3.05, 3.63) is 17.7 Å². The lowest BCUT2D eigenvalue weighted by Gasteiger charge is -2.10. The van der Waals surface area contributed by atoms with Gasteiger partial charge >= 0.3 is 5.97 Å². The highest BCUT2D eigenvalue weighted by atomic mass is 16.5. The number of hydrogen-bond acceptors (Lipinski definition) is 5. The van der Waals surface area contributed by atoms with Gasteiger partial charge in [-0.1, -0.05) is 0 Å². The van der Waals surface area contributed by atoms with Gasteiger partial charge in [0, 0.05) is 11.8 Å². The molecular weight excluding hydrogens is 196 g/mol. The van der Waals surface area contributed by atoms with Gasteiger partial charge in [-0.2, -0.15) is 0 Å². The summed E-state index contributed by atoms with van der Waals surface area (Å²) in [5.74, 6) is 0.100. The molecule has 1 aromatic carbocycles. The van der Waals surface area contributed by atoms with Gasteiger partial charge in [0.05, 0.1) is 26.3 Å². The van der Waals surface area contributed by atoms with Crippen LogP contribution in [-0.2, 0) is 16.0 Å². The summed E-state index contributed by atoms with van der Waals surface area (Å²) < 4.78 is 9.57.